The van der Waals surface area contributed by atoms with Gasteiger partial charge in [-0.1, -0.05) is 48.0 Å². The van der Waals surface area contributed by atoms with Crippen molar-refractivity contribution in [1.82, 2.24) is 15.1 Å². The minimum absolute atomic E-state index is 0.203. The third-order valence-corrected chi connectivity index (χ3v) is 6.09. The summed E-state index contributed by atoms with van der Waals surface area (Å²) in [6, 6.07) is 18.3. The number of carbonyl (C=O) groups excluding carboxylic acids is 1. The summed E-state index contributed by atoms with van der Waals surface area (Å²) in [5.41, 5.74) is 1.62. The predicted molar refractivity (Wildman–Crippen MR) is 116 cm³/mol. The van der Waals surface area contributed by atoms with Crippen molar-refractivity contribution in [3.63, 3.8) is 0 Å². The number of hydrogen-bond donors (Lipinski definition) is 1. The maximum Gasteiger partial charge on any atom is 0.235 e. The quantitative estimate of drug-likeness (QED) is 0.509. The molecule has 1 heterocycles. The molecule has 0 aliphatic heterocycles. The fraction of sp³-hybridized carbons (Fsp3) is 0.238. The lowest BCUT2D eigenvalue weighted by Gasteiger charge is -2.08. The summed E-state index contributed by atoms with van der Waals surface area (Å²) in [5.74, 6) is -0.904. The first-order valence-electron chi connectivity index (χ1n) is 9.30. The zero-order valence-electron chi connectivity index (χ0n) is 16.4. The third-order valence-electron chi connectivity index (χ3n) is 4.27. The Hall–Kier alpha value is -2.84. The SMILES string of the molecule is Cc1nn(-c2ccccc2)c(Cl)c1CS(=O)(=O)CC(=O)NCCOc1ccccc1. The predicted octanol–water partition coefficient (Wildman–Crippen LogP) is 2.94. The molecule has 1 aromatic heterocycles. The highest BCUT2D eigenvalue weighted by molar-refractivity contribution is 7.91. The Morgan fingerprint density at radius 3 is 2.40 bits per heavy atom. The van der Waals surface area contributed by atoms with E-state index in [1.165, 1.54) is 4.68 Å². The molecule has 0 radical (unpaired) electrons. The molecular weight excluding hydrogens is 426 g/mol. The topological polar surface area (TPSA) is 90.3 Å². The second-order valence-electron chi connectivity index (χ2n) is 6.65. The first kappa shape index (κ1) is 21.9. The van der Waals surface area contributed by atoms with Gasteiger partial charge in [0.25, 0.3) is 0 Å². The minimum atomic E-state index is -3.73. The van der Waals surface area contributed by atoms with Crippen LogP contribution >= 0.6 is 11.6 Å². The zero-order chi connectivity index (χ0) is 21.6. The van der Waals surface area contributed by atoms with Gasteiger partial charge in [0.2, 0.25) is 5.91 Å². The molecule has 0 unspecified atom stereocenters. The summed E-state index contributed by atoms with van der Waals surface area (Å²) in [4.78, 5) is 12.1. The van der Waals surface area contributed by atoms with Gasteiger partial charge in [-0.05, 0) is 31.2 Å². The molecule has 7 nitrogen and oxygen atoms in total. The Morgan fingerprint density at radius 2 is 1.73 bits per heavy atom. The second-order valence-corrected chi connectivity index (χ2v) is 9.07. The monoisotopic (exact) mass is 447 g/mol. The van der Waals surface area contributed by atoms with E-state index in [0.29, 0.717) is 17.0 Å². The van der Waals surface area contributed by atoms with E-state index in [-0.39, 0.29) is 24.1 Å². The van der Waals surface area contributed by atoms with Crippen molar-refractivity contribution in [2.24, 2.45) is 0 Å². The van der Waals surface area contributed by atoms with E-state index in [2.05, 4.69) is 10.4 Å². The average Bonchev–Trinajstić information content (AvgIpc) is 3.00. The molecule has 0 spiro atoms. The van der Waals surface area contributed by atoms with Crippen LogP contribution in [0.3, 0.4) is 0 Å². The number of para-hydroxylation sites is 2. The number of nitrogens with one attached hydrogen (secondary N) is 1. The Labute approximate surface area is 180 Å². The summed E-state index contributed by atoms with van der Waals surface area (Å²) >= 11 is 6.39. The maximum atomic E-state index is 12.5. The van der Waals surface area contributed by atoms with Crippen LogP contribution in [0.5, 0.6) is 5.75 Å². The van der Waals surface area contributed by atoms with Crippen LogP contribution < -0.4 is 10.1 Å². The summed E-state index contributed by atoms with van der Waals surface area (Å²) in [6.45, 7) is 2.14. The normalized spacial score (nSPS) is 11.3. The lowest BCUT2D eigenvalue weighted by molar-refractivity contribution is -0.118. The molecular formula is C21H22ClN3O4S. The van der Waals surface area contributed by atoms with Gasteiger partial charge in [0, 0.05) is 5.56 Å². The van der Waals surface area contributed by atoms with E-state index < -0.39 is 21.5 Å². The molecule has 0 bridgehead atoms. The Morgan fingerprint density at radius 1 is 1.10 bits per heavy atom. The number of rotatable bonds is 9. The zero-order valence-corrected chi connectivity index (χ0v) is 18.0. The summed E-state index contributed by atoms with van der Waals surface area (Å²) in [6.07, 6.45) is 0. The Kier molecular flexibility index (Phi) is 7.12. The van der Waals surface area contributed by atoms with E-state index in [1.807, 2.05) is 48.5 Å². The van der Waals surface area contributed by atoms with Crippen molar-refractivity contribution in [2.75, 3.05) is 18.9 Å². The van der Waals surface area contributed by atoms with Gasteiger partial charge in [-0.3, -0.25) is 4.79 Å². The van der Waals surface area contributed by atoms with E-state index in [4.69, 9.17) is 16.3 Å². The van der Waals surface area contributed by atoms with Gasteiger partial charge in [0.05, 0.1) is 23.7 Å². The lowest BCUT2D eigenvalue weighted by Crippen LogP contribution is -2.33. The highest BCUT2D eigenvalue weighted by Gasteiger charge is 2.23. The largest absolute Gasteiger partial charge is 0.492 e. The van der Waals surface area contributed by atoms with Gasteiger partial charge in [0.15, 0.2) is 9.84 Å². The highest BCUT2D eigenvalue weighted by Crippen LogP contribution is 2.25. The number of nitrogens with zero attached hydrogens (tertiary/aromatic N) is 2. The van der Waals surface area contributed by atoms with E-state index in [1.54, 1.807) is 19.1 Å². The third kappa shape index (κ3) is 5.84. The Bertz CT molecular complexity index is 1100. The Balaban J connectivity index is 1.56. The summed E-state index contributed by atoms with van der Waals surface area (Å²) in [5, 5.41) is 7.12. The number of aromatic nitrogens is 2. The first-order valence-corrected chi connectivity index (χ1v) is 11.5. The van der Waals surface area contributed by atoms with Crippen molar-refractivity contribution < 1.29 is 17.9 Å². The number of aryl methyl sites for hydroxylation is 1. The summed E-state index contributed by atoms with van der Waals surface area (Å²) < 4.78 is 32.0. The highest BCUT2D eigenvalue weighted by atomic mass is 35.5. The van der Waals surface area contributed by atoms with Crippen LogP contribution in [0.15, 0.2) is 60.7 Å². The number of amides is 1. The van der Waals surface area contributed by atoms with E-state index in [9.17, 15) is 13.2 Å². The van der Waals surface area contributed by atoms with Crippen LogP contribution in [0.1, 0.15) is 11.3 Å². The van der Waals surface area contributed by atoms with Crippen molar-refractivity contribution >= 4 is 27.3 Å². The van der Waals surface area contributed by atoms with Crippen LogP contribution in [-0.4, -0.2) is 43.0 Å². The molecule has 0 aliphatic carbocycles. The van der Waals surface area contributed by atoms with Gasteiger partial charge in [-0.25, -0.2) is 13.1 Å². The molecule has 0 aliphatic rings. The van der Waals surface area contributed by atoms with Crippen LogP contribution in [0.25, 0.3) is 5.69 Å². The smallest absolute Gasteiger partial charge is 0.235 e. The number of hydrogen-bond acceptors (Lipinski definition) is 5. The van der Waals surface area contributed by atoms with Crippen molar-refractivity contribution in [1.29, 1.82) is 0 Å². The molecule has 1 amide bonds. The van der Waals surface area contributed by atoms with Gasteiger partial charge >= 0.3 is 0 Å². The molecule has 2 aromatic carbocycles. The van der Waals surface area contributed by atoms with Crippen LogP contribution in [0.4, 0.5) is 0 Å². The summed E-state index contributed by atoms with van der Waals surface area (Å²) in [7, 11) is -3.73. The number of carbonyl (C=O) groups is 1. The standard InChI is InChI=1S/C21H22ClN3O4S/c1-16-19(21(22)25(24-16)17-8-4-2-5-9-17)14-30(27,28)15-20(26)23-12-13-29-18-10-6-3-7-11-18/h2-11H,12-15H2,1H3,(H,23,26). The fourth-order valence-corrected chi connectivity index (χ4v) is 4.64. The first-order chi connectivity index (χ1) is 14.4. The molecule has 0 fully saturated rings. The molecule has 3 rings (SSSR count). The van der Waals surface area contributed by atoms with Gasteiger partial charge in [-0.15, -0.1) is 0 Å². The maximum absolute atomic E-state index is 12.5. The van der Waals surface area contributed by atoms with E-state index in [0.717, 1.165) is 5.69 Å². The number of halogens is 1. The van der Waals surface area contributed by atoms with Crippen LogP contribution in [0, 0.1) is 6.92 Å². The molecule has 0 saturated carbocycles. The average molecular weight is 448 g/mol. The molecule has 0 atom stereocenters. The fourth-order valence-electron chi connectivity index (χ4n) is 2.83. The van der Waals surface area contributed by atoms with Crippen molar-refractivity contribution in [2.45, 2.75) is 12.7 Å². The van der Waals surface area contributed by atoms with Gasteiger partial charge in [-0.2, -0.15) is 5.10 Å². The molecule has 9 heteroatoms. The molecule has 0 saturated heterocycles. The van der Waals surface area contributed by atoms with Crippen LogP contribution in [-0.2, 0) is 20.4 Å². The van der Waals surface area contributed by atoms with Gasteiger partial charge in [0.1, 0.15) is 23.3 Å². The molecule has 1 N–H and O–H groups in total. The molecule has 3 aromatic rings. The van der Waals surface area contributed by atoms with E-state index >= 15 is 0 Å². The number of benzene rings is 2. The van der Waals surface area contributed by atoms with Crippen molar-refractivity contribution in [3.8, 4) is 11.4 Å². The lowest BCUT2D eigenvalue weighted by atomic mass is 10.3. The van der Waals surface area contributed by atoms with Crippen LogP contribution in [0.2, 0.25) is 5.15 Å². The second kappa shape index (κ2) is 9.77. The number of sulfone groups is 1. The molecule has 158 valence electrons. The van der Waals surface area contributed by atoms with Gasteiger partial charge < -0.3 is 10.1 Å². The number of ether oxygens (including phenoxy) is 1. The minimum Gasteiger partial charge on any atom is -0.492 e. The van der Waals surface area contributed by atoms with Crippen molar-refractivity contribution in [3.05, 3.63) is 77.1 Å². The molecule has 30 heavy (non-hydrogen) atoms.